The molecule has 0 aliphatic rings. The first-order valence-corrected chi connectivity index (χ1v) is 1.71. The van der Waals surface area contributed by atoms with E-state index in [1.807, 2.05) is 0 Å². The predicted molar refractivity (Wildman–Crippen MR) is 33.1 cm³/mol. The van der Waals surface area contributed by atoms with Gasteiger partial charge in [-0.2, -0.15) is 6.42 Å². The minimum absolute atomic E-state index is 0. The predicted octanol–water partition coefficient (Wildman–Crippen LogP) is 2.52. The van der Waals surface area contributed by atoms with E-state index < -0.39 is 0 Å². The molecule has 0 aromatic rings. The molecule has 0 saturated carbocycles. The fourth-order valence-corrected chi connectivity index (χ4v) is 0. The number of hydrogen-bond donors (Lipinski definition) is 0. The van der Waals surface area contributed by atoms with Crippen LogP contribution in [0.25, 0.3) is 0 Å². The largest absolute Gasteiger partial charge is 4.00 e. The van der Waals surface area contributed by atoms with Crippen molar-refractivity contribution in [3.63, 3.8) is 0 Å². The van der Waals surface area contributed by atoms with E-state index in [1.165, 1.54) is 6.42 Å². The second kappa shape index (κ2) is 28.7. The van der Waals surface area contributed by atoms with Crippen molar-refractivity contribution in [1.29, 1.82) is 0 Å². The molecule has 0 aromatic heterocycles. The van der Waals surface area contributed by atoms with Crippen molar-refractivity contribution in [3.8, 4) is 0 Å². The molecule has 0 saturated heterocycles. The number of hydrogen-bond acceptors (Lipinski definition) is 0. The monoisotopic (exact) mass is 267 g/mol. The van der Waals surface area contributed by atoms with Crippen molar-refractivity contribution in [2.24, 2.45) is 0 Å². The molecule has 0 heterocycles. The minimum atomic E-state index is 0. The molecule has 0 atom stereocenters. The molecule has 1 heteroatoms. The first kappa shape index (κ1) is 24.8. The van der Waals surface area contributed by atoms with E-state index in [4.69, 9.17) is 0 Å². The molecule has 0 N–H and O–H groups in total. The molecule has 0 spiro atoms. The maximum Gasteiger partial charge on any atom is 4.00 e. The zero-order chi connectivity index (χ0) is 3.41. The third kappa shape index (κ3) is 46.6. The smallest absolute Gasteiger partial charge is 0.358 e. The van der Waals surface area contributed by atoms with Crippen molar-refractivity contribution in [2.75, 3.05) is 0 Å². The topological polar surface area (TPSA) is 0 Å². The van der Waals surface area contributed by atoms with Crippen LogP contribution in [0.5, 0.6) is 0 Å². The molecule has 0 radical (unpaired) electrons. The van der Waals surface area contributed by atoms with Crippen LogP contribution in [0, 0.1) is 21.8 Å². The normalized spacial score (nSPS) is 4.29. The van der Waals surface area contributed by atoms with Crippen LogP contribution in [0.2, 0.25) is 0 Å². The van der Waals surface area contributed by atoms with Gasteiger partial charge in [0.1, 0.15) is 0 Å². The van der Waals surface area contributed by atoms with Crippen molar-refractivity contribution in [1.82, 2.24) is 0 Å². The van der Waals surface area contributed by atoms with E-state index in [0.29, 0.717) is 0 Å². The van der Waals surface area contributed by atoms with Gasteiger partial charge in [-0.25, -0.2) is 0 Å². The molecule has 0 aliphatic heterocycles. The van der Waals surface area contributed by atoms with Crippen LogP contribution in [0.4, 0.5) is 0 Å². The summed E-state index contributed by atoms with van der Waals surface area (Å²) in [7, 11) is 0. The first-order valence-electron chi connectivity index (χ1n) is 1.71. The van der Waals surface area contributed by atoms with Gasteiger partial charge in [0.05, 0.1) is 0 Å². The molecular formula is C6H15Hf+. The van der Waals surface area contributed by atoms with Gasteiger partial charge in [0.15, 0.2) is 0 Å². The Morgan fingerprint density at radius 1 is 1.29 bits per heavy atom. The Labute approximate surface area is 67.5 Å². The maximum absolute atomic E-state index is 3.60. The molecule has 0 amide bonds. The fourth-order valence-electron chi connectivity index (χ4n) is 0. The van der Waals surface area contributed by atoms with Gasteiger partial charge >= 0.3 is 25.8 Å². The molecule has 0 rings (SSSR count). The minimum Gasteiger partial charge on any atom is -0.358 e. The van der Waals surface area contributed by atoms with Gasteiger partial charge < -0.3 is 21.8 Å². The molecule has 0 aliphatic carbocycles. The van der Waals surface area contributed by atoms with E-state index in [2.05, 4.69) is 13.8 Å². The molecule has 7 heavy (non-hydrogen) atoms. The van der Waals surface area contributed by atoms with Gasteiger partial charge in [-0.15, -0.1) is 0 Å². The van der Waals surface area contributed by atoms with E-state index >= 15 is 0 Å². The van der Waals surface area contributed by atoms with Crippen LogP contribution in [-0.2, 0) is 25.8 Å². The van der Waals surface area contributed by atoms with E-state index in [-0.39, 0.29) is 40.7 Å². The Bertz CT molecular complexity index is 6.14. The summed E-state index contributed by atoms with van der Waals surface area (Å²) in [5, 5.41) is 0. The first-order chi connectivity index (χ1) is 1.91. The summed E-state index contributed by atoms with van der Waals surface area (Å²) in [5.74, 6) is 0. The van der Waals surface area contributed by atoms with Gasteiger partial charge in [-0.1, -0.05) is 13.3 Å². The molecule has 0 aromatic carbocycles. The summed E-state index contributed by atoms with van der Waals surface area (Å²) < 4.78 is 0. The van der Waals surface area contributed by atoms with Crippen LogP contribution in [0.1, 0.15) is 19.8 Å². The Kier molecular flexibility index (Phi) is 102. The molecule has 0 unspecified atom stereocenters. The van der Waals surface area contributed by atoms with Gasteiger partial charge in [0.25, 0.3) is 0 Å². The zero-order valence-corrected chi connectivity index (χ0v) is 9.21. The maximum atomic E-state index is 3.60. The third-order valence-electron chi connectivity index (χ3n) is 0.354. The van der Waals surface area contributed by atoms with Crippen molar-refractivity contribution in [3.05, 3.63) is 21.8 Å². The summed E-state index contributed by atoms with van der Waals surface area (Å²) in [4.78, 5) is 0. The fraction of sp³-hybridized carbons (Fsp3) is 0.500. The summed E-state index contributed by atoms with van der Waals surface area (Å²) in [6.45, 7) is 5.72. The van der Waals surface area contributed by atoms with Crippen molar-refractivity contribution in [2.45, 2.75) is 19.8 Å². The van der Waals surface area contributed by atoms with Crippen LogP contribution < -0.4 is 0 Å². The van der Waals surface area contributed by atoms with Gasteiger partial charge in [-0.05, 0) is 0 Å². The number of unbranched alkanes of at least 4 members (excludes halogenated alkanes) is 1. The molecule has 0 fully saturated rings. The van der Waals surface area contributed by atoms with Crippen LogP contribution in [-0.4, -0.2) is 0 Å². The summed E-state index contributed by atoms with van der Waals surface area (Å²) in [6.07, 6.45) is 2.28. The zero-order valence-electron chi connectivity index (χ0n) is 5.62. The van der Waals surface area contributed by atoms with E-state index in [0.717, 1.165) is 6.42 Å². The SMILES string of the molecule is [CH2-]CCC.[CH3-].[CH3-].[Hf+4]. The quantitative estimate of drug-likeness (QED) is 0.505. The molecule has 42 valence electrons. The molecular weight excluding hydrogens is 251 g/mol. The number of rotatable bonds is 1. The average molecular weight is 266 g/mol. The van der Waals surface area contributed by atoms with E-state index in [9.17, 15) is 0 Å². The second-order valence-electron chi connectivity index (χ2n) is 0.854. The summed E-state index contributed by atoms with van der Waals surface area (Å²) in [6, 6.07) is 0. The van der Waals surface area contributed by atoms with Crippen LogP contribution in [0.3, 0.4) is 0 Å². The average Bonchev–Trinajstić information content (AvgIpc) is 1.37. The Balaban J connectivity index is -0.0000000150. The Hall–Kier alpha value is 0.870. The van der Waals surface area contributed by atoms with Gasteiger partial charge in [0, 0.05) is 0 Å². The van der Waals surface area contributed by atoms with Crippen LogP contribution >= 0.6 is 0 Å². The standard InChI is InChI=1S/C4H9.2CH3.Hf/c1-3-4-2;;;/h1,3-4H2,2H3;2*1H3;/q3*-1;+4. The van der Waals surface area contributed by atoms with E-state index in [1.54, 1.807) is 0 Å². The van der Waals surface area contributed by atoms with Crippen molar-refractivity contribution < 1.29 is 25.8 Å². The van der Waals surface area contributed by atoms with Gasteiger partial charge in [0.2, 0.25) is 0 Å². The second-order valence-corrected chi connectivity index (χ2v) is 0.854. The summed E-state index contributed by atoms with van der Waals surface area (Å²) >= 11 is 0. The van der Waals surface area contributed by atoms with Crippen LogP contribution in [0.15, 0.2) is 0 Å². The molecule has 0 bridgehead atoms. The van der Waals surface area contributed by atoms with Crippen molar-refractivity contribution >= 4 is 0 Å². The van der Waals surface area contributed by atoms with Gasteiger partial charge in [-0.3, -0.25) is 0 Å². The molecule has 0 nitrogen and oxygen atoms in total. The third-order valence-corrected chi connectivity index (χ3v) is 0.354. The summed E-state index contributed by atoms with van der Waals surface area (Å²) in [5.41, 5.74) is 0. The Morgan fingerprint density at radius 2 is 1.43 bits per heavy atom. The Morgan fingerprint density at radius 3 is 1.43 bits per heavy atom.